The highest BCUT2D eigenvalue weighted by molar-refractivity contribution is 7.13. The molecule has 5 heteroatoms. The van der Waals surface area contributed by atoms with Crippen LogP contribution in [0.2, 0.25) is 0 Å². The maximum atomic E-state index is 9.98. The second kappa shape index (κ2) is 5.82. The van der Waals surface area contributed by atoms with Crippen LogP contribution in [0.3, 0.4) is 0 Å². The Labute approximate surface area is 121 Å². The standard InChI is InChI=1S/C14H10N2OS.ClH/c17-13-12(14-16-8-9-18-14)11(6-7-15-13)10-4-2-1-3-5-10;/h1-9H,(H,15,17);1H. The van der Waals surface area contributed by atoms with Gasteiger partial charge in [0.1, 0.15) is 5.01 Å². The summed E-state index contributed by atoms with van der Waals surface area (Å²) in [5.74, 6) is 0.0197. The Bertz CT molecular complexity index is 656. The minimum atomic E-state index is 0. The number of pyridine rings is 1. The molecule has 0 saturated heterocycles. The second-order valence-corrected chi connectivity index (χ2v) is 4.65. The summed E-state index contributed by atoms with van der Waals surface area (Å²) in [6.07, 6.45) is 3.33. The van der Waals surface area contributed by atoms with E-state index >= 15 is 0 Å². The Morgan fingerprint density at radius 3 is 2.42 bits per heavy atom. The molecule has 3 aromatic rings. The molecule has 0 aliphatic carbocycles. The number of rotatable bonds is 2. The minimum absolute atomic E-state index is 0. The van der Waals surface area contributed by atoms with E-state index in [4.69, 9.17) is 0 Å². The first kappa shape index (κ1) is 13.5. The Morgan fingerprint density at radius 1 is 0.947 bits per heavy atom. The SMILES string of the molecule is Cl.Oc1nccc(-c2ccccc2)c1-c1nccs1. The van der Waals surface area contributed by atoms with Crippen molar-refractivity contribution >= 4 is 23.7 Å². The molecule has 2 heterocycles. The van der Waals surface area contributed by atoms with Gasteiger partial charge < -0.3 is 5.11 Å². The van der Waals surface area contributed by atoms with E-state index in [1.165, 1.54) is 11.3 Å². The fourth-order valence-corrected chi connectivity index (χ4v) is 2.56. The molecule has 3 rings (SSSR count). The van der Waals surface area contributed by atoms with Gasteiger partial charge in [0.2, 0.25) is 5.88 Å². The molecule has 0 fully saturated rings. The van der Waals surface area contributed by atoms with Crippen LogP contribution >= 0.6 is 23.7 Å². The van der Waals surface area contributed by atoms with Gasteiger partial charge in [-0.05, 0) is 17.2 Å². The molecule has 1 N–H and O–H groups in total. The Hall–Kier alpha value is -1.91. The first-order valence-corrected chi connectivity index (χ1v) is 6.37. The average Bonchev–Trinajstić information content (AvgIpc) is 2.93. The van der Waals surface area contributed by atoms with Crippen LogP contribution in [-0.4, -0.2) is 15.1 Å². The van der Waals surface area contributed by atoms with Crippen molar-refractivity contribution in [1.29, 1.82) is 0 Å². The molecular formula is C14H11ClN2OS. The quantitative estimate of drug-likeness (QED) is 0.776. The smallest absolute Gasteiger partial charge is 0.221 e. The van der Waals surface area contributed by atoms with Crippen molar-refractivity contribution in [3.8, 4) is 27.6 Å². The van der Waals surface area contributed by atoms with Crippen molar-refractivity contribution in [2.45, 2.75) is 0 Å². The molecule has 0 aliphatic heterocycles. The monoisotopic (exact) mass is 290 g/mol. The van der Waals surface area contributed by atoms with Crippen LogP contribution in [0.5, 0.6) is 5.88 Å². The van der Waals surface area contributed by atoms with Crippen molar-refractivity contribution < 1.29 is 5.11 Å². The molecule has 3 nitrogen and oxygen atoms in total. The van der Waals surface area contributed by atoms with E-state index in [-0.39, 0.29) is 18.3 Å². The molecule has 19 heavy (non-hydrogen) atoms. The van der Waals surface area contributed by atoms with Crippen LogP contribution in [0, 0.1) is 0 Å². The molecule has 0 spiro atoms. The summed E-state index contributed by atoms with van der Waals surface area (Å²) in [7, 11) is 0. The van der Waals surface area contributed by atoms with Crippen LogP contribution in [0.4, 0.5) is 0 Å². The molecule has 1 aromatic carbocycles. The average molecular weight is 291 g/mol. The molecule has 0 saturated carbocycles. The van der Waals surface area contributed by atoms with E-state index in [2.05, 4.69) is 9.97 Å². The lowest BCUT2D eigenvalue weighted by molar-refractivity contribution is 0.456. The number of thiazole rings is 1. The third-order valence-electron chi connectivity index (χ3n) is 2.66. The van der Waals surface area contributed by atoms with E-state index in [0.717, 1.165) is 16.1 Å². The highest BCUT2D eigenvalue weighted by Crippen LogP contribution is 2.37. The van der Waals surface area contributed by atoms with E-state index < -0.39 is 0 Å². The Balaban J connectivity index is 0.00000133. The summed E-state index contributed by atoms with van der Waals surface area (Å²) in [5.41, 5.74) is 2.68. The summed E-state index contributed by atoms with van der Waals surface area (Å²) in [6.45, 7) is 0. The summed E-state index contributed by atoms with van der Waals surface area (Å²) in [5, 5.41) is 12.6. The third-order valence-corrected chi connectivity index (χ3v) is 3.45. The largest absolute Gasteiger partial charge is 0.493 e. The van der Waals surface area contributed by atoms with Crippen molar-refractivity contribution in [2.24, 2.45) is 0 Å². The van der Waals surface area contributed by atoms with E-state index in [1.54, 1.807) is 12.4 Å². The van der Waals surface area contributed by atoms with Gasteiger partial charge in [-0.1, -0.05) is 30.3 Å². The van der Waals surface area contributed by atoms with Gasteiger partial charge in [0, 0.05) is 17.8 Å². The molecule has 96 valence electrons. The summed E-state index contributed by atoms with van der Waals surface area (Å²) in [4.78, 5) is 8.20. The number of benzene rings is 1. The van der Waals surface area contributed by atoms with Crippen molar-refractivity contribution in [2.75, 3.05) is 0 Å². The van der Waals surface area contributed by atoms with E-state index in [0.29, 0.717) is 5.56 Å². The Kier molecular flexibility index (Phi) is 4.14. The second-order valence-electron chi connectivity index (χ2n) is 3.76. The van der Waals surface area contributed by atoms with Gasteiger partial charge in [-0.15, -0.1) is 23.7 Å². The number of aromatic hydroxyl groups is 1. The maximum Gasteiger partial charge on any atom is 0.221 e. The third kappa shape index (κ3) is 2.59. The maximum absolute atomic E-state index is 9.98. The lowest BCUT2D eigenvalue weighted by Gasteiger charge is -2.08. The van der Waals surface area contributed by atoms with Gasteiger partial charge >= 0.3 is 0 Å². The van der Waals surface area contributed by atoms with Gasteiger partial charge in [0.25, 0.3) is 0 Å². The normalized spacial score (nSPS) is 9.89. The Morgan fingerprint density at radius 2 is 1.74 bits per heavy atom. The molecule has 0 aliphatic rings. The lowest BCUT2D eigenvalue weighted by Crippen LogP contribution is -1.87. The molecule has 0 unspecified atom stereocenters. The number of aromatic nitrogens is 2. The molecule has 2 aromatic heterocycles. The van der Waals surface area contributed by atoms with Crippen LogP contribution in [-0.2, 0) is 0 Å². The van der Waals surface area contributed by atoms with Crippen molar-refractivity contribution in [3.63, 3.8) is 0 Å². The number of hydrogen-bond donors (Lipinski definition) is 1. The zero-order valence-electron chi connectivity index (χ0n) is 9.85. The topological polar surface area (TPSA) is 46.0 Å². The van der Waals surface area contributed by atoms with Crippen LogP contribution in [0.15, 0.2) is 54.2 Å². The lowest BCUT2D eigenvalue weighted by atomic mass is 10.0. The molecule has 0 radical (unpaired) electrons. The summed E-state index contributed by atoms with van der Waals surface area (Å²) in [6, 6.07) is 11.8. The summed E-state index contributed by atoms with van der Waals surface area (Å²) >= 11 is 1.49. The zero-order valence-corrected chi connectivity index (χ0v) is 11.5. The summed E-state index contributed by atoms with van der Waals surface area (Å²) < 4.78 is 0. The predicted molar refractivity (Wildman–Crippen MR) is 79.7 cm³/mol. The van der Waals surface area contributed by atoms with Crippen molar-refractivity contribution in [1.82, 2.24) is 9.97 Å². The van der Waals surface area contributed by atoms with E-state index in [1.807, 2.05) is 41.8 Å². The first-order chi connectivity index (χ1) is 8.86. The van der Waals surface area contributed by atoms with Crippen LogP contribution in [0.1, 0.15) is 0 Å². The number of halogens is 1. The first-order valence-electron chi connectivity index (χ1n) is 5.49. The fraction of sp³-hybridized carbons (Fsp3) is 0. The zero-order chi connectivity index (χ0) is 12.4. The molecule has 0 atom stereocenters. The molecule has 0 amide bonds. The van der Waals surface area contributed by atoms with Gasteiger partial charge in [-0.3, -0.25) is 0 Å². The fourth-order valence-electron chi connectivity index (χ4n) is 1.87. The van der Waals surface area contributed by atoms with Gasteiger partial charge in [-0.2, -0.15) is 0 Å². The van der Waals surface area contributed by atoms with Gasteiger partial charge in [-0.25, -0.2) is 9.97 Å². The minimum Gasteiger partial charge on any atom is -0.493 e. The molecule has 0 bridgehead atoms. The highest BCUT2D eigenvalue weighted by Gasteiger charge is 2.14. The predicted octanol–water partition coefficient (Wildman–Crippen LogP) is 4.00. The van der Waals surface area contributed by atoms with Crippen LogP contribution in [0.25, 0.3) is 21.7 Å². The highest BCUT2D eigenvalue weighted by atomic mass is 35.5. The van der Waals surface area contributed by atoms with Gasteiger partial charge in [0.05, 0.1) is 5.56 Å². The molecular weight excluding hydrogens is 280 g/mol. The number of nitrogens with zero attached hydrogens (tertiary/aromatic N) is 2. The van der Waals surface area contributed by atoms with Gasteiger partial charge in [0.15, 0.2) is 0 Å². The van der Waals surface area contributed by atoms with Crippen molar-refractivity contribution in [3.05, 3.63) is 54.2 Å². The van der Waals surface area contributed by atoms with E-state index in [9.17, 15) is 5.11 Å². The van der Waals surface area contributed by atoms with Crippen LogP contribution < -0.4 is 0 Å². The number of hydrogen-bond acceptors (Lipinski definition) is 4.